The number of amides is 1. The monoisotopic (exact) mass is 538 g/mol. The molecule has 0 aliphatic heterocycles. The fourth-order valence-corrected chi connectivity index (χ4v) is 5.82. The first-order valence-corrected chi connectivity index (χ1v) is 13.6. The van der Waals surface area contributed by atoms with Gasteiger partial charge in [-0.1, -0.05) is 18.1 Å². The Balaban J connectivity index is 1.65. The highest BCUT2D eigenvalue weighted by atomic mass is 32.2. The lowest BCUT2D eigenvalue weighted by Gasteiger charge is -2.32. The van der Waals surface area contributed by atoms with Gasteiger partial charge < -0.3 is 10.1 Å². The number of alkyl halides is 2. The van der Waals surface area contributed by atoms with Crippen LogP contribution in [0.15, 0.2) is 48.5 Å². The van der Waals surface area contributed by atoms with Gasteiger partial charge in [0.25, 0.3) is 0 Å². The molecule has 0 unspecified atom stereocenters. The van der Waals surface area contributed by atoms with Gasteiger partial charge in [-0.05, 0) is 73.6 Å². The Morgan fingerprint density at radius 3 is 2.16 bits per heavy atom. The molecule has 2 aliphatic rings. The summed E-state index contributed by atoms with van der Waals surface area (Å²) in [4.78, 5) is 13.2. The lowest BCUT2D eigenvalue weighted by Crippen LogP contribution is -2.56. The maximum atomic E-state index is 15.6. The molecule has 2 aromatic carbocycles. The molecule has 0 saturated heterocycles. The van der Waals surface area contributed by atoms with Crippen molar-refractivity contribution in [1.82, 2.24) is 10.6 Å². The largest absolute Gasteiger partial charge is 0.431 e. The number of hydrogen-bond donors (Lipinski definition) is 2. The zero-order valence-electron chi connectivity index (χ0n) is 19.7. The van der Waals surface area contributed by atoms with Gasteiger partial charge in [-0.25, -0.2) is 17.2 Å². The van der Waals surface area contributed by atoms with Crippen LogP contribution < -0.4 is 15.4 Å². The lowest BCUT2D eigenvalue weighted by atomic mass is 10.0. The number of carbonyl (C=O) groups is 1. The fourth-order valence-electron chi connectivity index (χ4n) is 3.88. The second kappa shape index (κ2) is 10.3. The third kappa shape index (κ3) is 7.23. The first-order chi connectivity index (χ1) is 17.4. The fraction of sp³-hybridized carbons (Fsp3) is 0.423. The first kappa shape index (κ1) is 26.9. The smallest absolute Gasteiger partial charge is 0.417 e. The number of halogens is 4. The van der Waals surface area contributed by atoms with E-state index in [0.29, 0.717) is 12.8 Å². The summed E-state index contributed by atoms with van der Waals surface area (Å²) >= 11 is 0. The Hall–Kier alpha value is -3.10. The topological polar surface area (TPSA) is 84.5 Å². The number of carbonyl (C=O) groups excluding carboxylic acids is 1. The number of ether oxygens (including phenoxy) is 1. The Bertz CT molecular complexity index is 1270. The molecule has 0 spiro atoms. The lowest BCUT2D eigenvalue weighted by molar-refractivity contribution is -0.202. The summed E-state index contributed by atoms with van der Waals surface area (Å²) < 4.78 is 88.4. The molecule has 2 N–H and O–H groups in total. The Labute approximate surface area is 212 Å². The highest BCUT2D eigenvalue weighted by Crippen LogP contribution is 2.37. The van der Waals surface area contributed by atoms with Crippen molar-refractivity contribution in [1.29, 1.82) is 0 Å². The summed E-state index contributed by atoms with van der Waals surface area (Å²) in [7, 11) is -3.81. The van der Waals surface area contributed by atoms with Crippen molar-refractivity contribution in [2.24, 2.45) is 5.92 Å². The van der Waals surface area contributed by atoms with Crippen LogP contribution in [0.5, 0.6) is 5.75 Å². The number of benzene rings is 2. The van der Waals surface area contributed by atoms with Gasteiger partial charge in [-0.15, -0.1) is 6.42 Å². The van der Waals surface area contributed by atoms with E-state index in [1.165, 1.54) is 0 Å². The minimum Gasteiger partial charge on any atom is -0.431 e. The van der Waals surface area contributed by atoms with Crippen LogP contribution in [0.4, 0.5) is 17.6 Å². The van der Waals surface area contributed by atoms with E-state index in [9.17, 15) is 22.0 Å². The zero-order chi connectivity index (χ0) is 26.8. The van der Waals surface area contributed by atoms with E-state index >= 15 is 8.78 Å². The molecule has 0 heterocycles. The van der Waals surface area contributed by atoms with Crippen LogP contribution in [0.1, 0.15) is 37.3 Å². The van der Waals surface area contributed by atoms with Gasteiger partial charge in [0.05, 0.1) is 11.5 Å². The van der Waals surface area contributed by atoms with Crippen LogP contribution in [0.25, 0.3) is 0 Å². The van der Waals surface area contributed by atoms with E-state index in [1.807, 2.05) is 0 Å². The summed E-state index contributed by atoms with van der Waals surface area (Å²) in [6.07, 6.45) is 3.85. The minimum absolute atomic E-state index is 0.0228. The Kier molecular flexibility index (Phi) is 7.53. The third-order valence-corrected chi connectivity index (χ3v) is 8.11. The molecule has 0 bridgehead atoms. The molecular formula is C26H26F4N2O4S. The van der Waals surface area contributed by atoms with Gasteiger partial charge in [-0.2, -0.15) is 8.78 Å². The minimum atomic E-state index is -4.07. The van der Waals surface area contributed by atoms with Crippen molar-refractivity contribution in [3.8, 4) is 18.1 Å². The van der Waals surface area contributed by atoms with Gasteiger partial charge >= 0.3 is 6.11 Å². The highest BCUT2D eigenvalue weighted by molar-refractivity contribution is 7.91. The molecule has 6 nitrogen and oxygen atoms in total. The standard InChI is InChI=1S/C26H26F4N2O4S/c1-2-25(13-14-25)32-24(33)22(16-37(34,35)15-17-3-4-17)31-23(18-5-7-19(27)8-6-18)26(29,30)36-21-11-9-20(28)10-12-21/h1,5-12,17,22-23,31H,3-4,13-16H2,(H,32,33)/t22-,23-/m0/s1. The van der Waals surface area contributed by atoms with Crippen molar-refractivity contribution in [2.45, 2.75) is 49.4 Å². The summed E-state index contributed by atoms with van der Waals surface area (Å²) in [6.45, 7) is 0. The van der Waals surface area contributed by atoms with Gasteiger partial charge in [-0.3, -0.25) is 10.1 Å². The predicted octanol–water partition coefficient (Wildman–Crippen LogP) is 3.74. The van der Waals surface area contributed by atoms with Crippen molar-refractivity contribution >= 4 is 15.7 Å². The average Bonchev–Trinajstić information content (AvgIpc) is 3.76. The molecule has 37 heavy (non-hydrogen) atoms. The van der Waals surface area contributed by atoms with Crippen molar-refractivity contribution in [2.75, 3.05) is 11.5 Å². The molecule has 198 valence electrons. The summed E-state index contributed by atoms with van der Waals surface area (Å²) in [5.41, 5.74) is -1.11. The molecule has 2 atom stereocenters. The highest BCUT2D eigenvalue weighted by Gasteiger charge is 2.48. The average molecular weight is 539 g/mol. The summed E-state index contributed by atoms with van der Waals surface area (Å²) in [5, 5.41) is 5.05. The van der Waals surface area contributed by atoms with Gasteiger partial charge in [0.1, 0.15) is 35.0 Å². The molecule has 2 saturated carbocycles. The Morgan fingerprint density at radius 2 is 1.65 bits per heavy atom. The summed E-state index contributed by atoms with van der Waals surface area (Å²) in [5.74, 6) is -1.05. The van der Waals surface area contributed by atoms with Gasteiger partial charge in [0.2, 0.25) is 5.91 Å². The van der Waals surface area contributed by atoms with Crippen molar-refractivity contribution in [3.05, 3.63) is 65.7 Å². The predicted molar refractivity (Wildman–Crippen MR) is 128 cm³/mol. The molecule has 4 rings (SSSR count). The third-order valence-electron chi connectivity index (χ3n) is 6.29. The van der Waals surface area contributed by atoms with E-state index in [-0.39, 0.29) is 23.0 Å². The SMILES string of the molecule is C#CC1(NC(=O)[C@H](CS(=O)(=O)CC2CC2)N[C@@H](c2ccc(F)cc2)C(F)(F)Oc2ccc(F)cc2)CC1. The van der Waals surface area contributed by atoms with Crippen molar-refractivity contribution < 1.29 is 35.5 Å². The molecular weight excluding hydrogens is 512 g/mol. The van der Waals surface area contributed by atoms with Crippen LogP contribution >= 0.6 is 0 Å². The zero-order valence-corrected chi connectivity index (χ0v) is 20.5. The van der Waals surface area contributed by atoms with Gasteiger partial charge in [0.15, 0.2) is 9.84 Å². The number of sulfone groups is 1. The molecule has 11 heteroatoms. The van der Waals surface area contributed by atoms with Crippen molar-refractivity contribution in [3.63, 3.8) is 0 Å². The van der Waals surface area contributed by atoms with E-state index in [1.54, 1.807) is 0 Å². The molecule has 2 fully saturated rings. The quantitative estimate of drug-likeness (QED) is 0.318. The summed E-state index contributed by atoms with van der Waals surface area (Å²) in [6, 6.07) is 4.22. The van der Waals surface area contributed by atoms with E-state index in [2.05, 4.69) is 16.6 Å². The molecule has 0 radical (unpaired) electrons. The number of terminal acetylenes is 1. The number of hydrogen-bond acceptors (Lipinski definition) is 5. The van der Waals surface area contributed by atoms with Crippen LogP contribution in [-0.2, 0) is 14.6 Å². The molecule has 0 aromatic heterocycles. The molecule has 1 amide bonds. The Morgan fingerprint density at radius 1 is 1.08 bits per heavy atom. The second-order valence-corrected chi connectivity index (χ2v) is 11.7. The van der Waals surface area contributed by atoms with E-state index in [0.717, 1.165) is 61.4 Å². The molecule has 2 aromatic rings. The first-order valence-electron chi connectivity index (χ1n) is 11.7. The van der Waals surface area contributed by atoms with Gasteiger partial charge in [0, 0.05) is 0 Å². The maximum absolute atomic E-state index is 15.6. The van der Waals surface area contributed by atoms with Crippen LogP contribution in [0, 0.1) is 29.9 Å². The number of nitrogens with one attached hydrogen (secondary N) is 2. The van der Waals surface area contributed by atoms with Crippen LogP contribution in [-0.4, -0.2) is 43.5 Å². The maximum Gasteiger partial charge on any atom is 0.417 e. The molecule has 2 aliphatic carbocycles. The van der Waals surface area contributed by atoms with E-state index in [4.69, 9.17) is 11.2 Å². The van der Waals surface area contributed by atoms with Crippen LogP contribution in [0.2, 0.25) is 0 Å². The normalized spacial score (nSPS) is 18.4. The second-order valence-electron chi connectivity index (χ2n) is 9.56. The van der Waals surface area contributed by atoms with E-state index < -0.39 is 56.9 Å². The van der Waals surface area contributed by atoms with Crippen LogP contribution in [0.3, 0.4) is 0 Å². The number of rotatable bonds is 12.